The lowest BCUT2D eigenvalue weighted by molar-refractivity contribution is -0.345. The van der Waals surface area contributed by atoms with E-state index < -0.39 is 196 Å². The molecule has 3 heterocycles. The maximum Gasteiger partial charge on any atom is 0.471 e. The van der Waals surface area contributed by atoms with E-state index in [-0.39, 0.29) is 17.9 Å². The predicted molar refractivity (Wildman–Crippen MR) is 246 cm³/mol. The normalized spacial score (nSPS) is 25.2. The Morgan fingerprint density at radius 3 is 1.57 bits per heavy atom. The number of carbonyl (C=O) groups excluding carboxylic acids is 12. The van der Waals surface area contributed by atoms with Gasteiger partial charge in [0.2, 0.25) is 17.7 Å². The van der Waals surface area contributed by atoms with Crippen LogP contribution in [0, 0.1) is 5.92 Å². The molecule has 3 fully saturated rings. The monoisotopic (exact) mass is 1110 g/mol. The quantitative estimate of drug-likeness (QED) is 0.116. The molecular weight excluding hydrogens is 1050 g/mol. The lowest BCUT2D eigenvalue weighted by Crippen LogP contribution is -2.69. The van der Waals surface area contributed by atoms with E-state index in [4.69, 9.17) is 52.1 Å². The third kappa shape index (κ3) is 20.3. The summed E-state index contributed by atoms with van der Waals surface area (Å²) in [7, 11) is 0. The minimum Gasteiger partial charge on any atom is -0.463 e. The Hall–Kier alpha value is -6.69. The number of rotatable bonds is 21. The Kier molecular flexibility index (Phi) is 23.6. The second-order valence-corrected chi connectivity index (χ2v) is 19.4. The number of likely N-dealkylation sites (tertiary alicyclic amines) is 1. The number of ether oxygens (including phenoxy) is 11. The van der Waals surface area contributed by atoms with Gasteiger partial charge in [0.15, 0.2) is 43.0 Å². The fourth-order valence-electron chi connectivity index (χ4n) is 8.27. The van der Waals surface area contributed by atoms with Crippen LogP contribution in [0.1, 0.15) is 95.9 Å². The average Bonchev–Trinajstić information content (AvgIpc) is 3.77. The van der Waals surface area contributed by atoms with Crippen LogP contribution in [0.15, 0.2) is 0 Å². The summed E-state index contributed by atoms with van der Waals surface area (Å²) in [6.07, 6.45) is -23.9. The fraction of sp³-hybridized carbons (Fsp3) is 0.745. The largest absolute Gasteiger partial charge is 0.471 e. The third-order valence-corrected chi connectivity index (χ3v) is 10.9. The Morgan fingerprint density at radius 1 is 0.610 bits per heavy atom. The Morgan fingerprint density at radius 2 is 1.09 bits per heavy atom. The van der Waals surface area contributed by atoms with Crippen LogP contribution in [0.3, 0.4) is 0 Å². The van der Waals surface area contributed by atoms with Crippen LogP contribution < -0.4 is 5.32 Å². The molecule has 0 aromatic heterocycles. The number of nitrogens with zero attached hydrogens (tertiary/aromatic N) is 3. The molecule has 11 atom stereocenters. The van der Waals surface area contributed by atoms with Crippen LogP contribution in [-0.2, 0) is 110 Å². The number of halogens is 3. The molecule has 0 spiro atoms. The minimum atomic E-state index is -5.46. The highest BCUT2D eigenvalue weighted by Gasteiger charge is 2.58. The summed E-state index contributed by atoms with van der Waals surface area (Å²) in [5.74, 6) is -14.6. The van der Waals surface area contributed by atoms with E-state index in [1.807, 2.05) is 0 Å². The minimum absolute atomic E-state index is 0.0367. The standard InChI is InChI=1S/C47H67F3N4O23/c1-22(2)16-53(45(66)47(48,49)50)18-34(63)52(19-35(64)54-15-13-14-30(54)43(65)77-46(10,11)12)17-33(62)51-42-40(72-28(8)60)38(70-26(6)58)37(31(74-42)20-67-23(3)55)76-44-41(73-29(9)61)39(71-27(7)59)36(69-25(5)57)32(75-44)21-68-24(4)56/h22,30-32,36-42,44H,13-21H2,1-12H3,(H,51,62)/t30-,31+,32+,36+,37+,38-,39-,40+,41+,42+,44-/m0/s1. The van der Waals surface area contributed by atoms with Crippen molar-refractivity contribution >= 4 is 71.4 Å². The highest BCUT2D eigenvalue weighted by molar-refractivity contribution is 5.93. The maximum atomic E-state index is 14.3. The molecule has 434 valence electrons. The first kappa shape index (κ1) is 64.6. The number of amides is 4. The van der Waals surface area contributed by atoms with Crippen molar-refractivity contribution in [3.05, 3.63) is 0 Å². The van der Waals surface area contributed by atoms with Crippen LogP contribution in [-0.4, -0.2) is 211 Å². The summed E-state index contributed by atoms with van der Waals surface area (Å²) in [6, 6.07) is -1.16. The number of esters is 8. The summed E-state index contributed by atoms with van der Waals surface area (Å²) in [5, 5.41) is 2.32. The number of hydrogen-bond donors (Lipinski definition) is 1. The van der Waals surface area contributed by atoms with Crippen molar-refractivity contribution in [2.75, 3.05) is 45.9 Å². The lowest BCUT2D eigenvalue weighted by Gasteiger charge is -2.48. The number of alkyl halides is 3. The first-order valence-corrected chi connectivity index (χ1v) is 24.1. The van der Waals surface area contributed by atoms with E-state index in [1.165, 1.54) is 13.8 Å². The molecule has 3 saturated heterocycles. The van der Waals surface area contributed by atoms with E-state index in [0.717, 1.165) is 53.4 Å². The zero-order chi connectivity index (χ0) is 58.4. The van der Waals surface area contributed by atoms with Crippen LogP contribution in [0.2, 0.25) is 0 Å². The van der Waals surface area contributed by atoms with E-state index in [9.17, 15) is 70.7 Å². The zero-order valence-corrected chi connectivity index (χ0v) is 44.7. The van der Waals surface area contributed by atoms with Gasteiger partial charge in [-0.05, 0) is 39.5 Å². The highest BCUT2D eigenvalue weighted by atomic mass is 19.4. The first-order chi connectivity index (χ1) is 35.6. The molecule has 3 rings (SSSR count). The molecule has 3 aliphatic rings. The van der Waals surface area contributed by atoms with E-state index >= 15 is 0 Å². The topological polar surface area (TPSA) is 328 Å². The molecule has 0 aromatic rings. The highest BCUT2D eigenvalue weighted by Crippen LogP contribution is 2.35. The molecule has 30 heteroatoms. The summed E-state index contributed by atoms with van der Waals surface area (Å²) < 4.78 is 103. The van der Waals surface area contributed by atoms with Gasteiger partial charge in [-0.15, -0.1) is 0 Å². The molecule has 0 saturated carbocycles. The van der Waals surface area contributed by atoms with Gasteiger partial charge < -0.3 is 72.1 Å². The number of nitrogens with one attached hydrogen (secondary N) is 1. The van der Waals surface area contributed by atoms with Gasteiger partial charge in [0.1, 0.15) is 62.8 Å². The molecule has 3 aliphatic heterocycles. The number of carbonyl (C=O) groups is 12. The van der Waals surface area contributed by atoms with Crippen molar-refractivity contribution in [1.82, 2.24) is 20.0 Å². The molecule has 0 aromatic carbocycles. The zero-order valence-electron chi connectivity index (χ0n) is 44.7. The smallest absolute Gasteiger partial charge is 0.463 e. The average molecular weight is 1110 g/mol. The van der Waals surface area contributed by atoms with Gasteiger partial charge in [-0.2, -0.15) is 13.2 Å². The predicted octanol–water partition coefficient (Wildman–Crippen LogP) is -0.0695. The number of hydrogen-bond acceptors (Lipinski definition) is 23. The van der Waals surface area contributed by atoms with Gasteiger partial charge in [0, 0.05) is 61.6 Å². The Bertz CT molecular complexity index is 2200. The van der Waals surface area contributed by atoms with Crippen molar-refractivity contribution in [1.29, 1.82) is 0 Å². The van der Waals surface area contributed by atoms with Crippen molar-refractivity contribution < 1.29 is 123 Å². The summed E-state index contributed by atoms with van der Waals surface area (Å²) in [5.41, 5.74) is -0.988. The van der Waals surface area contributed by atoms with Crippen LogP contribution in [0.4, 0.5) is 13.2 Å². The van der Waals surface area contributed by atoms with Gasteiger partial charge in [0.25, 0.3) is 0 Å². The first-order valence-electron chi connectivity index (χ1n) is 24.1. The molecule has 0 unspecified atom stereocenters. The molecule has 0 radical (unpaired) electrons. The lowest BCUT2D eigenvalue weighted by atomic mass is 9.95. The molecule has 1 N–H and O–H groups in total. The molecular formula is C47H67F3N4O23. The summed E-state index contributed by atoms with van der Waals surface area (Å²) in [6.45, 7) is 8.46. The van der Waals surface area contributed by atoms with Crippen molar-refractivity contribution in [3.63, 3.8) is 0 Å². The third-order valence-electron chi connectivity index (χ3n) is 10.9. The van der Waals surface area contributed by atoms with Crippen LogP contribution in [0.25, 0.3) is 0 Å². The van der Waals surface area contributed by atoms with Gasteiger partial charge in [-0.25, -0.2) is 4.79 Å². The second-order valence-electron chi connectivity index (χ2n) is 19.4. The molecule has 0 bridgehead atoms. The molecule has 77 heavy (non-hydrogen) atoms. The molecule has 27 nitrogen and oxygen atoms in total. The summed E-state index contributed by atoms with van der Waals surface area (Å²) in [4.78, 5) is 157. The molecule has 0 aliphatic carbocycles. The van der Waals surface area contributed by atoms with Gasteiger partial charge in [0.05, 0.1) is 0 Å². The second kappa shape index (κ2) is 28.1. The Balaban J connectivity index is 2.18. The van der Waals surface area contributed by atoms with Crippen molar-refractivity contribution in [3.8, 4) is 0 Å². The van der Waals surface area contributed by atoms with E-state index in [1.54, 1.807) is 20.8 Å². The van der Waals surface area contributed by atoms with E-state index in [0.29, 0.717) is 11.3 Å². The van der Waals surface area contributed by atoms with Crippen molar-refractivity contribution in [2.24, 2.45) is 5.92 Å². The molecule has 4 amide bonds. The van der Waals surface area contributed by atoms with Gasteiger partial charge in [-0.3, -0.25) is 52.7 Å². The fourth-order valence-corrected chi connectivity index (χ4v) is 8.27. The van der Waals surface area contributed by atoms with E-state index in [2.05, 4.69) is 5.32 Å². The van der Waals surface area contributed by atoms with Gasteiger partial charge in [-0.1, -0.05) is 13.8 Å². The van der Waals surface area contributed by atoms with Crippen molar-refractivity contribution in [2.45, 2.75) is 175 Å². The Labute approximate surface area is 440 Å². The van der Waals surface area contributed by atoms with Gasteiger partial charge >= 0.3 is 59.8 Å². The summed E-state index contributed by atoms with van der Waals surface area (Å²) >= 11 is 0. The SMILES string of the molecule is CC(=O)OC[C@H]1O[C@@H](NC(=O)CN(CC(=O)N2CCC[C@H]2C(=O)OC(C)(C)C)C(=O)CN(CC(C)C)C(=O)C(F)(F)F)[C@H](OC(C)=O)[C@@H](OC(C)=O)[C@@H]1O[C@@H]1O[C@H](COC(C)=O)[C@@H](OC(C)=O)[C@H](OC(C)=O)[C@H]1OC(C)=O. The van der Waals surface area contributed by atoms with Crippen LogP contribution >= 0.6 is 0 Å². The van der Waals surface area contributed by atoms with Crippen LogP contribution in [0.5, 0.6) is 0 Å². The maximum absolute atomic E-state index is 14.3.